The second kappa shape index (κ2) is 5.59. The molecule has 0 radical (unpaired) electrons. The maximum atomic E-state index is 12.0. The Morgan fingerprint density at radius 1 is 1.35 bits per heavy atom. The Morgan fingerprint density at radius 3 is 2.78 bits per heavy atom. The normalized spacial score (nSPS) is 16.6. The summed E-state index contributed by atoms with van der Waals surface area (Å²) in [6.07, 6.45) is 0. The van der Waals surface area contributed by atoms with Crippen molar-refractivity contribution < 1.29 is 14.3 Å². The van der Waals surface area contributed by atoms with Gasteiger partial charge >= 0.3 is 0 Å². The summed E-state index contributed by atoms with van der Waals surface area (Å²) < 4.78 is 12.2. The van der Waals surface area contributed by atoms with Gasteiger partial charge in [-0.05, 0) is 35.5 Å². The lowest BCUT2D eigenvalue weighted by Gasteiger charge is -2.28. The summed E-state index contributed by atoms with van der Waals surface area (Å²) >= 11 is 0. The van der Waals surface area contributed by atoms with Gasteiger partial charge < -0.3 is 20.5 Å². The van der Waals surface area contributed by atoms with Crippen LogP contribution in [0.5, 0.6) is 11.5 Å². The molecule has 0 saturated carbocycles. The van der Waals surface area contributed by atoms with Crippen molar-refractivity contribution in [3.8, 4) is 11.5 Å². The van der Waals surface area contributed by atoms with Crippen LogP contribution < -0.4 is 20.5 Å². The number of tetrazole rings is 1. The fourth-order valence-corrected chi connectivity index (χ4v) is 2.67. The zero-order chi connectivity index (χ0) is 16.6. The van der Waals surface area contributed by atoms with Crippen molar-refractivity contribution >= 4 is 11.9 Å². The maximum absolute atomic E-state index is 12.0. The first-order valence-corrected chi connectivity index (χ1v) is 6.84. The minimum absolute atomic E-state index is 0.358. The number of hydrogen-bond donors (Lipinski definition) is 2. The number of rotatable bonds is 4. The Labute approximate surface area is 132 Å². The van der Waals surface area contributed by atoms with Crippen LogP contribution in [0.3, 0.4) is 0 Å². The molecule has 3 N–H and O–H groups in total. The van der Waals surface area contributed by atoms with Gasteiger partial charge in [-0.3, -0.25) is 4.79 Å². The molecule has 1 unspecified atom stereocenters. The Kier molecular flexibility index (Phi) is 3.61. The second-order valence-corrected chi connectivity index (χ2v) is 4.99. The van der Waals surface area contributed by atoms with Crippen molar-refractivity contribution in [2.24, 2.45) is 5.73 Å². The molecule has 1 aliphatic heterocycles. The molecular formula is C14H16N6O3. The van der Waals surface area contributed by atoms with Gasteiger partial charge in [0.1, 0.15) is 17.5 Å². The van der Waals surface area contributed by atoms with E-state index in [2.05, 4.69) is 20.8 Å². The highest BCUT2D eigenvalue weighted by Gasteiger charge is 2.34. The number of anilines is 1. The van der Waals surface area contributed by atoms with Crippen LogP contribution in [0, 0.1) is 0 Å². The van der Waals surface area contributed by atoms with Crippen LogP contribution in [0.2, 0.25) is 0 Å². The molecule has 0 fully saturated rings. The quantitative estimate of drug-likeness (QED) is 0.841. The third-order valence-corrected chi connectivity index (χ3v) is 3.71. The van der Waals surface area contributed by atoms with Crippen molar-refractivity contribution in [2.45, 2.75) is 13.0 Å². The van der Waals surface area contributed by atoms with Crippen molar-refractivity contribution in [3.63, 3.8) is 0 Å². The number of ether oxygens (including phenoxy) is 2. The fraction of sp³-hybridized carbons (Fsp3) is 0.286. The Balaban J connectivity index is 2.26. The average Bonchev–Trinajstić information content (AvgIpc) is 3.00. The highest BCUT2D eigenvalue weighted by Crippen LogP contribution is 2.39. The average molecular weight is 316 g/mol. The number of nitrogens with two attached hydrogens (primary N) is 1. The fourth-order valence-electron chi connectivity index (χ4n) is 2.67. The number of nitrogens with zero attached hydrogens (tertiary/aromatic N) is 4. The molecule has 9 heteroatoms. The van der Waals surface area contributed by atoms with Crippen LogP contribution in [0.15, 0.2) is 29.5 Å². The van der Waals surface area contributed by atoms with E-state index in [4.69, 9.17) is 15.2 Å². The molecule has 0 saturated heterocycles. The van der Waals surface area contributed by atoms with E-state index in [1.165, 1.54) is 4.68 Å². The summed E-state index contributed by atoms with van der Waals surface area (Å²) in [7, 11) is 3.11. The summed E-state index contributed by atoms with van der Waals surface area (Å²) in [5.41, 5.74) is 7.21. The number of amides is 1. The molecule has 1 aliphatic rings. The first-order valence-electron chi connectivity index (χ1n) is 6.84. The molecule has 0 bridgehead atoms. The number of hydrogen-bond acceptors (Lipinski definition) is 7. The number of methoxy groups -OCH3 is 2. The number of carbonyl (C=O) groups is 1. The first-order chi connectivity index (χ1) is 11.1. The smallest absolute Gasteiger partial charge is 0.248 e. The van der Waals surface area contributed by atoms with E-state index in [9.17, 15) is 4.79 Å². The van der Waals surface area contributed by atoms with Crippen LogP contribution in [0.4, 0.5) is 5.95 Å². The zero-order valence-corrected chi connectivity index (χ0v) is 12.9. The molecule has 1 atom stereocenters. The van der Waals surface area contributed by atoms with Gasteiger partial charge in [-0.15, -0.1) is 0 Å². The van der Waals surface area contributed by atoms with Crippen molar-refractivity contribution in [3.05, 3.63) is 35.0 Å². The van der Waals surface area contributed by atoms with Gasteiger partial charge in [0.05, 0.1) is 19.8 Å². The van der Waals surface area contributed by atoms with Gasteiger partial charge in [0.25, 0.3) is 0 Å². The lowest BCUT2D eigenvalue weighted by Crippen LogP contribution is -2.32. The predicted molar refractivity (Wildman–Crippen MR) is 81.0 cm³/mol. The Morgan fingerprint density at radius 2 is 2.13 bits per heavy atom. The van der Waals surface area contributed by atoms with E-state index in [-0.39, 0.29) is 0 Å². The first kappa shape index (κ1) is 14.8. The van der Waals surface area contributed by atoms with E-state index in [1.54, 1.807) is 39.3 Å². The van der Waals surface area contributed by atoms with E-state index < -0.39 is 11.9 Å². The summed E-state index contributed by atoms with van der Waals surface area (Å²) in [6.45, 7) is 1.75. The molecule has 2 heterocycles. The van der Waals surface area contributed by atoms with Crippen LogP contribution >= 0.6 is 0 Å². The topological polar surface area (TPSA) is 117 Å². The SMILES string of the molecule is COc1ccc(OC)c(C2C(C(N)=O)=C(C)Nc3nnnn32)c1. The Bertz CT molecular complexity index is 798. The van der Waals surface area contributed by atoms with E-state index >= 15 is 0 Å². The highest BCUT2D eigenvalue weighted by atomic mass is 16.5. The summed E-state index contributed by atoms with van der Waals surface area (Å²) in [5, 5.41) is 14.5. The lowest BCUT2D eigenvalue weighted by molar-refractivity contribution is -0.115. The molecule has 23 heavy (non-hydrogen) atoms. The molecule has 1 aromatic heterocycles. The minimum atomic E-state index is -0.608. The summed E-state index contributed by atoms with van der Waals surface area (Å²) in [4.78, 5) is 12.0. The second-order valence-electron chi connectivity index (χ2n) is 4.99. The zero-order valence-electron chi connectivity index (χ0n) is 12.9. The monoisotopic (exact) mass is 316 g/mol. The van der Waals surface area contributed by atoms with Crippen LogP contribution in [-0.4, -0.2) is 40.3 Å². The molecule has 1 aromatic carbocycles. The van der Waals surface area contributed by atoms with Gasteiger partial charge in [-0.2, -0.15) is 4.68 Å². The summed E-state index contributed by atoms with van der Waals surface area (Å²) in [6, 6.07) is 4.69. The minimum Gasteiger partial charge on any atom is -0.497 e. The highest BCUT2D eigenvalue weighted by molar-refractivity contribution is 5.95. The van der Waals surface area contributed by atoms with Crippen LogP contribution in [-0.2, 0) is 4.79 Å². The maximum Gasteiger partial charge on any atom is 0.248 e. The summed E-state index contributed by atoms with van der Waals surface area (Å²) in [5.74, 6) is 1.05. The largest absolute Gasteiger partial charge is 0.497 e. The molecular weight excluding hydrogens is 300 g/mol. The third kappa shape index (κ3) is 2.35. The third-order valence-electron chi connectivity index (χ3n) is 3.71. The number of carbonyl (C=O) groups excluding carboxylic acids is 1. The van der Waals surface area contributed by atoms with E-state index in [0.717, 1.165) is 0 Å². The van der Waals surface area contributed by atoms with Crippen LogP contribution in [0.1, 0.15) is 18.5 Å². The number of aromatic nitrogens is 4. The number of fused-ring (bicyclic) bond motifs is 1. The van der Waals surface area contributed by atoms with Gasteiger partial charge in [0.15, 0.2) is 0 Å². The van der Waals surface area contributed by atoms with Crippen LogP contribution in [0.25, 0.3) is 0 Å². The van der Waals surface area contributed by atoms with Gasteiger partial charge in [0, 0.05) is 11.3 Å². The van der Waals surface area contributed by atoms with Crippen molar-refractivity contribution in [1.82, 2.24) is 20.2 Å². The number of nitrogens with one attached hydrogen (secondary N) is 1. The molecule has 0 aliphatic carbocycles. The van der Waals surface area contributed by atoms with E-state index in [1.807, 2.05) is 0 Å². The number of benzene rings is 1. The van der Waals surface area contributed by atoms with Gasteiger partial charge in [-0.1, -0.05) is 5.10 Å². The molecule has 2 aromatic rings. The standard InChI is InChI=1S/C14H16N6O3/c1-7-11(13(15)21)12(20-14(16-7)17-18-19-20)9-6-8(22-2)4-5-10(9)23-3/h4-6,12H,1-3H3,(H2,15,21)(H,16,17,19). The lowest BCUT2D eigenvalue weighted by atomic mass is 9.94. The molecule has 1 amide bonds. The van der Waals surface area contributed by atoms with Gasteiger partial charge in [0.2, 0.25) is 11.9 Å². The van der Waals surface area contributed by atoms with Gasteiger partial charge in [-0.25, -0.2) is 0 Å². The van der Waals surface area contributed by atoms with Crippen molar-refractivity contribution in [2.75, 3.05) is 19.5 Å². The van der Waals surface area contributed by atoms with E-state index in [0.29, 0.717) is 34.3 Å². The predicted octanol–water partition coefficient (Wildman–Crippen LogP) is 0.464. The molecule has 0 spiro atoms. The Hall–Kier alpha value is -3.10. The number of primary amides is 1. The molecule has 120 valence electrons. The molecule has 9 nitrogen and oxygen atoms in total. The number of allylic oxidation sites excluding steroid dienone is 1. The van der Waals surface area contributed by atoms with Crippen molar-refractivity contribution in [1.29, 1.82) is 0 Å². The molecule has 3 rings (SSSR count).